The number of ether oxygens (including phenoxy) is 1. The van der Waals surface area contributed by atoms with Gasteiger partial charge in [-0.3, -0.25) is 9.89 Å². The van der Waals surface area contributed by atoms with Gasteiger partial charge in [-0.05, 0) is 39.8 Å². The largest absolute Gasteiger partial charge is 0.379 e. The van der Waals surface area contributed by atoms with E-state index in [4.69, 9.17) is 4.74 Å². The van der Waals surface area contributed by atoms with Crippen molar-refractivity contribution < 1.29 is 4.74 Å². The predicted octanol–water partition coefficient (Wildman–Crippen LogP) is 2.88. The van der Waals surface area contributed by atoms with Crippen molar-refractivity contribution in [1.29, 1.82) is 0 Å². The first-order valence-corrected chi connectivity index (χ1v) is 9.57. The summed E-state index contributed by atoms with van der Waals surface area (Å²) in [6.45, 7) is 13.4. The summed E-state index contributed by atoms with van der Waals surface area (Å²) in [5, 5.41) is 6.99. The number of halogens is 1. The lowest BCUT2D eigenvalue weighted by molar-refractivity contribution is -0.00834. The number of guanidine groups is 1. The molecule has 7 heteroatoms. The molecule has 2 rings (SSSR count). The fourth-order valence-corrected chi connectivity index (χ4v) is 3.98. The third kappa shape index (κ3) is 7.40. The van der Waals surface area contributed by atoms with Crippen LogP contribution in [0.3, 0.4) is 0 Å². The van der Waals surface area contributed by atoms with E-state index >= 15 is 0 Å². The van der Waals surface area contributed by atoms with Crippen LogP contribution in [0.4, 0.5) is 0 Å². The van der Waals surface area contributed by atoms with Crippen LogP contribution in [0.1, 0.15) is 30.5 Å². The zero-order chi connectivity index (χ0) is 17.6. The molecular weight excluding hydrogens is 447 g/mol. The van der Waals surface area contributed by atoms with Crippen molar-refractivity contribution in [2.24, 2.45) is 4.99 Å². The molecule has 1 unspecified atom stereocenters. The van der Waals surface area contributed by atoms with Crippen LogP contribution in [0, 0.1) is 6.92 Å². The highest BCUT2D eigenvalue weighted by molar-refractivity contribution is 14.0. The van der Waals surface area contributed by atoms with E-state index < -0.39 is 0 Å². The van der Waals surface area contributed by atoms with Crippen molar-refractivity contribution >= 4 is 41.3 Å². The van der Waals surface area contributed by atoms with Crippen molar-refractivity contribution in [2.45, 2.75) is 45.7 Å². The van der Waals surface area contributed by atoms with Gasteiger partial charge in [-0.25, -0.2) is 0 Å². The van der Waals surface area contributed by atoms with Crippen LogP contribution in [-0.4, -0.2) is 62.3 Å². The molecule has 1 aromatic rings. The molecular formula is C18H33IN4OS. The third-order valence-corrected chi connectivity index (χ3v) is 5.49. The highest BCUT2D eigenvalue weighted by Gasteiger charge is 2.28. The van der Waals surface area contributed by atoms with Gasteiger partial charge in [0.15, 0.2) is 5.96 Å². The first kappa shape index (κ1) is 22.7. The highest BCUT2D eigenvalue weighted by Crippen LogP contribution is 2.17. The summed E-state index contributed by atoms with van der Waals surface area (Å²) in [5.41, 5.74) is 0.0789. The van der Waals surface area contributed by atoms with Gasteiger partial charge in [-0.1, -0.05) is 0 Å². The van der Waals surface area contributed by atoms with Crippen LogP contribution in [-0.2, 0) is 11.2 Å². The van der Waals surface area contributed by atoms with Crippen LogP contribution in [0.25, 0.3) is 0 Å². The van der Waals surface area contributed by atoms with Crippen LogP contribution in [0.2, 0.25) is 0 Å². The minimum absolute atomic E-state index is 0. The van der Waals surface area contributed by atoms with Gasteiger partial charge < -0.3 is 15.4 Å². The van der Waals surface area contributed by atoms with E-state index in [1.807, 2.05) is 18.4 Å². The number of morpholine rings is 1. The van der Waals surface area contributed by atoms with E-state index in [0.29, 0.717) is 6.04 Å². The number of nitrogens with zero attached hydrogens (tertiary/aromatic N) is 2. The summed E-state index contributed by atoms with van der Waals surface area (Å²) in [5.74, 6) is 0.872. The molecule has 1 fully saturated rings. The minimum Gasteiger partial charge on any atom is -0.379 e. The number of rotatable bonds is 6. The monoisotopic (exact) mass is 480 g/mol. The zero-order valence-corrected chi connectivity index (χ0v) is 19.2. The number of thiophene rings is 1. The molecule has 144 valence electrons. The molecule has 5 nitrogen and oxygen atoms in total. The van der Waals surface area contributed by atoms with E-state index in [9.17, 15) is 0 Å². The lowest BCUT2D eigenvalue weighted by atomic mass is 10.0. The van der Waals surface area contributed by atoms with Crippen molar-refractivity contribution in [1.82, 2.24) is 15.5 Å². The molecule has 1 aromatic heterocycles. The second kappa shape index (κ2) is 10.7. The molecule has 0 spiro atoms. The highest BCUT2D eigenvalue weighted by atomic mass is 127. The molecule has 1 aliphatic heterocycles. The van der Waals surface area contributed by atoms with Gasteiger partial charge in [0.25, 0.3) is 0 Å². The smallest absolute Gasteiger partial charge is 0.191 e. The van der Waals surface area contributed by atoms with E-state index in [2.05, 4.69) is 60.4 Å². The maximum absolute atomic E-state index is 5.46. The molecule has 0 amide bonds. The molecule has 1 saturated heterocycles. The Morgan fingerprint density at radius 2 is 2.04 bits per heavy atom. The molecule has 1 atom stereocenters. The van der Waals surface area contributed by atoms with E-state index in [1.165, 1.54) is 9.75 Å². The van der Waals surface area contributed by atoms with Crippen LogP contribution in [0.5, 0.6) is 0 Å². The molecule has 0 aromatic carbocycles. The molecule has 0 saturated carbocycles. The number of aryl methyl sites for hydroxylation is 1. The van der Waals surface area contributed by atoms with Gasteiger partial charge in [0.1, 0.15) is 0 Å². The lowest BCUT2D eigenvalue weighted by Gasteiger charge is -2.41. The van der Waals surface area contributed by atoms with Crippen LogP contribution in [0.15, 0.2) is 17.1 Å². The normalized spacial score (nSPS) is 17.7. The molecule has 0 aliphatic carbocycles. The second-order valence-corrected chi connectivity index (χ2v) is 8.47. The fraction of sp³-hybridized carbons (Fsp3) is 0.722. The van der Waals surface area contributed by atoms with E-state index in [1.54, 1.807) is 0 Å². The zero-order valence-electron chi connectivity index (χ0n) is 16.1. The number of nitrogens with one attached hydrogen (secondary N) is 2. The molecule has 2 heterocycles. The topological polar surface area (TPSA) is 48.9 Å². The summed E-state index contributed by atoms with van der Waals surface area (Å²) >= 11 is 1.87. The molecule has 0 radical (unpaired) electrons. The summed E-state index contributed by atoms with van der Waals surface area (Å²) in [4.78, 5) is 9.64. The average Bonchev–Trinajstić information content (AvgIpc) is 2.97. The minimum atomic E-state index is 0. The first-order valence-electron chi connectivity index (χ1n) is 8.76. The Balaban J connectivity index is 0.00000312. The maximum atomic E-state index is 5.46. The summed E-state index contributed by atoms with van der Waals surface area (Å²) in [6, 6.07) is 4.75. The fourth-order valence-electron chi connectivity index (χ4n) is 2.96. The number of hydrogen-bond acceptors (Lipinski definition) is 4. The van der Waals surface area contributed by atoms with Crippen molar-refractivity contribution in [3.05, 3.63) is 21.9 Å². The third-order valence-electron chi connectivity index (χ3n) is 4.47. The second-order valence-electron chi connectivity index (χ2n) is 7.10. The van der Waals surface area contributed by atoms with Crippen molar-refractivity contribution in [3.63, 3.8) is 0 Å². The standard InChI is InChI=1S/C18H32N4OS.HI/c1-14(12-16-7-6-15(2)24-16)21-17(19-5)20-13-18(3,4)22-8-10-23-11-9-22;/h6-7,14H,8-13H2,1-5H3,(H2,19,20,21);1H. The van der Waals surface area contributed by atoms with Gasteiger partial charge in [-0.15, -0.1) is 35.3 Å². The summed E-state index contributed by atoms with van der Waals surface area (Å²) in [7, 11) is 1.83. The number of aliphatic imine (C=N–C) groups is 1. The van der Waals surface area contributed by atoms with Crippen molar-refractivity contribution in [3.8, 4) is 0 Å². The average molecular weight is 480 g/mol. The first-order chi connectivity index (χ1) is 11.4. The predicted molar refractivity (Wildman–Crippen MR) is 119 cm³/mol. The van der Waals surface area contributed by atoms with Crippen molar-refractivity contribution in [2.75, 3.05) is 39.9 Å². The SMILES string of the molecule is CN=C(NCC(C)(C)N1CCOCC1)NC(C)Cc1ccc(C)s1.I. The molecule has 2 N–H and O–H groups in total. The van der Waals surface area contributed by atoms with Gasteiger partial charge in [0.05, 0.1) is 13.2 Å². The molecule has 1 aliphatic rings. The quantitative estimate of drug-likeness (QED) is 0.374. The summed E-state index contributed by atoms with van der Waals surface area (Å²) in [6.07, 6.45) is 1.02. The van der Waals surface area contributed by atoms with Gasteiger partial charge >= 0.3 is 0 Å². The van der Waals surface area contributed by atoms with Crippen LogP contribution >= 0.6 is 35.3 Å². The Morgan fingerprint density at radius 1 is 1.36 bits per heavy atom. The van der Waals surface area contributed by atoms with Gasteiger partial charge in [-0.2, -0.15) is 0 Å². The van der Waals surface area contributed by atoms with E-state index in [0.717, 1.165) is 45.2 Å². The maximum Gasteiger partial charge on any atom is 0.191 e. The Hall–Kier alpha value is -0.380. The van der Waals surface area contributed by atoms with Gasteiger partial charge in [0.2, 0.25) is 0 Å². The Morgan fingerprint density at radius 3 is 2.60 bits per heavy atom. The van der Waals surface area contributed by atoms with E-state index in [-0.39, 0.29) is 29.5 Å². The Kier molecular flexibility index (Phi) is 9.69. The Labute approximate surface area is 173 Å². The number of hydrogen-bond donors (Lipinski definition) is 2. The van der Waals surface area contributed by atoms with Crippen LogP contribution < -0.4 is 10.6 Å². The Bertz CT molecular complexity index is 541. The molecule has 0 bridgehead atoms. The lowest BCUT2D eigenvalue weighted by Crippen LogP contribution is -2.57. The molecule has 25 heavy (non-hydrogen) atoms. The van der Waals surface area contributed by atoms with Gasteiger partial charge in [0, 0.05) is 54.4 Å². The summed E-state index contributed by atoms with van der Waals surface area (Å²) < 4.78 is 5.46.